The molecule has 0 radical (unpaired) electrons. The first kappa shape index (κ1) is 25.6. The molecule has 0 amide bonds. The molecule has 2 heterocycles. The highest BCUT2D eigenvalue weighted by Gasteiger charge is 2.53. The Bertz CT molecular complexity index is 1300. The number of hydrogen-bond donors (Lipinski definition) is 3. The topological polar surface area (TPSA) is 108 Å². The normalized spacial score (nSPS) is 21.9. The van der Waals surface area contributed by atoms with Gasteiger partial charge in [-0.3, -0.25) is 4.79 Å². The van der Waals surface area contributed by atoms with Gasteiger partial charge in [-0.25, -0.2) is 15.0 Å². The molecule has 1 aromatic carbocycles. The number of halogens is 3. The quantitative estimate of drug-likeness (QED) is 0.334. The minimum Gasteiger partial charge on any atom is -0.481 e. The van der Waals surface area contributed by atoms with Gasteiger partial charge in [-0.1, -0.05) is 6.07 Å². The number of thiazole rings is 1. The summed E-state index contributed by atoms with van der Waals surface area (Å²) < 4.78 is 39.1. The molecule has 1 atom stereocenters. The zero-order chi connectivity index (χ0) is 26.4. The molecule has 2 aromatic heterocycles. The molecule has 0 bridgehead atoms. The summed E-state index contributed by atoms with van der Waals surface area (Å²) in [5.74, 6) is -1.21. The summed E-state index contributed by atoms with van der Waals surface area (Å²) in [4.78, 5) is 24.3. The lowest BCUT2D eigenvalue weighted by atomic mass is 9.71. The molecule has 0 aliphatic heterocycles. The number of nitrogens with one attached hydrogen (secondary N) is 1. The van der Waals surface area contributed by atoms with Crippen molar-refractivity contribution in [1.29, 1.82) is 0 Å². The van der Waals surface area contributed by atoms with Crippen molar-refractivity contribution < 1.29 is 28.2 Å². The minimum absolute atomic E-state index is 0.0394. The van der Waals surface area contributed by atoms with E-state index >= 15 is 0 Å². The van der Waals surface area contributed by atoms with Gasteiger partial charge < -0.3 is 15.5 Å². The smallest absolute Gasteiger partial charge is 0.433 e. The zero-order valence-electron chi connectivity index (χ0n) is 20.1. The lowest BCUT2D eigenvalue weighted by Crippen LogP contribution is -2.40. The maximum absolute atomic E-state index is 13.0. The second-order valence-electron chi connectivity index (χ2n) is 9.99. The fourth-order valence-electron chi connectivity index (χ4n) is 5.28. The van der Waals surface area contributed by atoms with E-state index in [9.17, 15) is 28.2 Å². The van der Waals surface area contributed by atoms with Gasteiger partial charge in [0, 0.05) is 18.1 Å². The maximum Gasteiger partial charge on any atom is 0.433 e. The number of hydrogen-bond acceptors (Lipinski definition) is 7. The lowest BCUT2D eigenvalue weighted by Gasteiger charge is -2.38. The summed E-state index contributed by atoms with van der Waals surface area (Å²) in [6.45, 7) is 1.88. The first-order chi connectivity index (χ1) is 17.5. The van der Waals surface area contributed by atoms with Gasteiger partial charge in [0.1, 0.15) is 16.3 Å². The van der Waals surface area contributed by atoms with Gasteiger partial charge in [-0.05, 0) is 86.6 Å². The van der Waals surface area contributed by atoms with Gasteiger partial charge in [0.25, 0.3) is 0 Å². The predicted octanol–water partition coefficient (Wildman–Crippen LogP) is 6.16. The van der Waals surface area contributed by atoms with Crippen molar-refractivity contribution in [2.45, 2.75) is 57.2 Å². The average Bonchev–Trinajstić information content (AvgIpc) is 3.59. The van der Waals surface area contributed by atoms with Crippen LogP contribution in [0.5, 0.6) is 0 Å². The van der Waals surface area contributed by atoms with Gasteiger partial charge in [-0.15, -0.1) is 11.3 Å². The Hall–Kier alpha value is -3.05. The molecular weight excluding hydrogens is 505 g/mol. The second kappa shape index (κ2) is 9.68. The molecule has 2 saturated carbocycles. The number of nitrogens with zero attached hydrogens (tertiary/aromatic N) is 3. The summed E-state index contributed by atoms with van der Waals surface area (Å²) >= 11 is 1.41. The van der Waals surface area contributed by atoms with Crippen LogP contribution in [0.15, 0.2) is 36.7 Å². The van der Waals surface area contributed by atoms with E-state index in [0.717, 1.165) is 41.1 Å². The van der Waals surface area contributed by atoms with Crippen molar-refractivity contribution in [2.75, 3.05) is 5.32 Å². The van der Waals surface area contributed by atoms with Crippen molar-refractivity contribution in [3.05, 3.63) is 52.9 Å². The molecule has 11 heteroatoms. The van der Waals surface area contributed by atoms with Crippen LogP contribution in [0.2, 0.25) is 0 Å². The number of anilines is 2. The van der Waals surface area contributed by atoms with E-state index in [2.05, 4.69) is 20.3 Å². The first-order valence-electron chi connectivity index (χ1n) is 12.2. The molecule has 3 N–H and O–H groups in total. The van der Waals surface area contributed by atoms with Crippen LogP contribution in [0.25, 0.3) is 10.4 Å². The first-order valence-corrected chi connectivity index (χ1v) is 13.1. The van der Waals surface area contributed by atoms with E-state index in [4.69, 9.17) is 0 Å². The van der Waals surface area contributed by atoms with Crippen LogP contribution < -0.4 is 5.32 Å². The molecule has 0 spiro atoms. The molecule has 5 rings (SSSR count). The maximum atomic E-state index is 13.0. The van der Waals surface area contributed by atoms with Crippen molar-refractivity contribution >= 4 is 28.9 Å². The Labute approximate surface area is 215 Å². The molecule has 37 heavy (non-hydrogen) atoms. The fraction of sp³-hybridized carbons (Fsp3) is 0.462. The number of benzene rings is 1. The standard InChI is InChI=1S/C26H27F3N4O3S/c1-14-10-16(12-19(11-14)32-24-30-9-8-21(33-24)26(27,28)29)20-13-31-23(37-20)25(36,18-6-7-18)17-4-2-15(3-5-17)22(34)35/h8-13,15,17-18,36H,2-7H2,1H3,(H,34,35)(H,30,32,33)/t15?,17?,25-/m0/s1. The van der Waals surface area contributed by atoms with Crippen LogP contribution in [0.3, 0.4) is 0 Å². The number of carbonyl (C=O) groups is 1. The van der Waals surface area contributed by atoms with Crippen LogP contribution in [0.1, 0.15) is 54.8 Å². The van der Waals surface area contributed by atoms with E-state index in [1.165, 1.54) is 11.3 Å². The van der Waals surface area contributed by atoms with E-state index in [1.807, 2.05) is 13.0 Å². The number of aliphatic carboxylic acids is 1. The van der Waals surface area contributed by atoms with Crippen LogP contribution in [0.4, 0.5) is 24.8 Å². The summed E-state index contributed by atoms with van der Waals surface area (Å²) in [5.41, 5.74) is 0.121. The van der Waals surface area contributed by atoms with Gasteiger partial charge in [0.05, 0.1) is 10.8 Å². The molecule has 0 unspecified atom stereocenters. The number of carboxylic acid groups (broad SMARTS) is 1. The SMILES string of the molecule is Cc1cc(Nc2nccc(C(F)(F)F)n2)cc(-c2cnc([C@](O)(C3CCC(C(=O)O)CC3)C3CC3)s2)c1. The van der Waals surface area contributed by atoms with Crippen LogP contribution in [0, 0.1) is 24.7 Å². The summed E-state index contributed by atoms with van der Waals surface area (Å²) in [7, 11) is 0. The Kier molecular flexibility index (Phi) is 6.70. The second-order valence-corrected chi connectivity index (χ2v) is 11.0. The molecule has 2 aliphatic rings. The van der Waals surface area contributed by atoms with Crippen LogP contribution in [-0.2, 0) is 16.6 Å². The van der Waals surface area contributed by atoms with Gasteiger partial charge in [0.15, 0.2) is 0 Å². The van der Waals surface area contributed by atoms with Gasteiger partial charge in [0.2, 0.25) is 5.95 Å². The van der Waals surface area contributed by atoms with Crippen LogP contribution in [-0.4, -0.2) is 31.1 Å². The predicted molar refractivity (Wildman–Crippen MR) is 132 cm³/mol. The fourth-order valence-corrected chi connectivity index (χ4v) is 6.43. The largest absolute Gasteiger partial charge is 0.481 e. The number of aliphatic hydroxyl groups is 1. The van der Waals surface area contributed by atoms with Gasteiger partial charge in [-0.2, -0.15) is 13.2 Å². The van der Waals surface area contributed by atoms with Crippen molar-refractivity contribution in [1.82, 2.24) is 15.0 Å². The van der Waals surface area contributed by atoms with E-state index in [1.54, 1.807) is 18.3 Å². The average molecular weight is 533 g/mol. The van der Waals surface area contributed by atoms with E-state index in [-0.39, 0.29) is 23.7 Å². The monoisotopic (exact) mass is 532 g/mol. The number of alkyl halides is 3. The summed E-state index contributed by atoms with van der Waals surface area (Å²) in [5, 5.41) is 24.8. The van der Waals surface area contributed by atoms with E-state index < -0.39 is 23.4 Å². The summed E-state index contributed by atoms with van der Waals surface area (Å²) in [6, 6.07) is 6.35. The highest BCUT2D eigenvalue weighted by molar-refractivity contribution is 7.15. The lowest BCUT2D eigenvalue weighted by molar-refractivity contribution is -0.145. The minimum atomic E-state index is -4.57. The molecule has 7 nitrogen and oxygen atoms in total. The third-order valence-electron chi connectivity index (χ3n) is 7.31. The van der Waals surface area contributed by atoms with Crippen molar-refractivity contribution in [3.8, 4) is 10.4 Å². The molecule has 2 fully saturated rings. The molecule has 2 aliphatic carbocycles. The number of aryl methyl sites for hydroxylation is 1. The highest BCUT2D eigenvalue weighted by Crippen LogP contribution is 2.55. The third-order valence-corrected chi connectivity index (χ3v) is 8.50. The number of rotatable bonds is 7. The highest BCUT2D eigenvalue weighted by atomic mass is 32.1. The number of aromatic nitrogens is 3. The van der Waals surface area contributed by atoms with Crippen molar-refractivity contribution in [3.63, 3.8) is 0 Å². The zero-order valence-corrected chi connectivity index (χ0v) is 20.9. The third kappa shape index (κ3) is 5.33. The van der Waals surface area contributed by atoms with Crippen molar-refractivity contribution in [2.24, 2.45) is 17.8 Å². The van der Waals surface area contributed by atoms with Gasteiger partial charge >= 0.3 is 12.1 Å². The Balaban J connectivity index is 1.39. The molecule has 3 aromatic rings. The Morgan fingerprint density at radius 2 is 1.73 bits per heavy atom. The Morgan fingerprint density at radius 1 is 1.05 bits per heavy atom. The Morgan fingerprint density at radius 3 is 2.35 bits per heavy atom. The summed E-state index contributed by atoms with van der Waals surface area (Å²) in [6.07, 6.45) is 2.45. The van der Waals surface area contributed by atoms with E-state index in [0.29, 0.717) is 36.4 Å². The molecule has 0 saturated heterocycles. The number of carboxylic acids is 1. The molecule has 196 valence electrons. The van der Waals surface area contributed by atoms with Crippen LogP contribution >= 0.6 is 11.3 Å². The molecular formula is C26H27F3N4O3S.